The number of hydrogen-bond acceptors (Lipinski definition) is 3. The normalized spacial score (nSPS) is 13.8. The Hall–Kier alpha value is -2.11. The van der Waals surface area contributed by atoms with Crippen LogP contribution in [0.2, 0.25) is 0 Å². The van der Waals surface area contributed by atoms with Crippen LogP contribution in [0.4, 0.5) is 16.2 Å². The van der Waals surface area contributed by atoms with Crippen molar-refractivity contribution in [2.24, 2.45) is 5.92 Å². The molecular formula is C14H19N3O3. The molecule has 1 N–H and O–H groups in total. The van der Waals surface area contributed by atoms with Crippen molar-refractivity contribution in [3.63, 3.8) is 0 Å². The number of hydrogen-bond donors (Lipinski definition) is 1. The van der Waals surface area contributed by atoms with Gasteiger partial charge in [0.15, 0.2) is 0 Å². The zero-order valence-corrected chi connectivity index (χ0v) is 11.5. The Morgan fingerprint density at radius 1 is 1.50 bits per heavy atom. The smallest absolute Gasteiger partial charge is 0.321 e. The van der Waals surface area contributed by atoms with Crippen LogP contribution in [0.3, 0.4) is 0 Å². The van der Waals surface area contributed by atoms with Crippen molar-refractivity contribution in [3.8, 4) is 0 Å². The Bertz CT molecular complexity index is 500. The zero-order valence-electron chi connectivity index (χ0n) is 11.5. The van der Waals surface area contributed by atoms with Gasteiger partial charge in [0.1, 0.15) is 0 Å². The van der Waals surface area contributed by atoms with Crippen LogP contribution in [-0.4, -0.2) is 28.9 Å². The molecule has 2 rings (SSSR count). The lowest BCUT2D eigenvalue weighted by Gasteiger charge is -2.22. The zero-order chi connectivity index (χ0) is 14.5. The first-order chi connectivity index (χ1) is 9.60. The third kappa shape index (κ3) is 3.94. The summed E-state index contributed by atoms with van der Waals surface area (Å²) in [5.41, 5.74) is 0.438. The van der Waals surface area contributed by atoms with Crippen LogP contribution in [0.25, 0.3) is 0 Å². The van der Waals surface area contributed by atoms with Gasteiger partial charge in [0.2, 0.25) is 0 Å². The molecule has 20 heavy (non-hydrogen) atoms. The first kappa shape index (κ1) is 14.3. The fourth-order valence-corrected chi connectivity index (χ4v) is 2.06. The van der Waals surface area contributed by atoms with Crippen LogP contribution in [0.1, 0.15) is 26.2 Å². The lowest BCUT2D eigenvalue weighted by molar-refractivity contribution is -0.384. The summed E-state index contributed by atoms with van der Waals surface area (Å²) in [6, 6.07) is 5.83. The summed E-state index contributed by atoms with van der Waals surface area (Å²) in [6.07, 6.45) is 3.27. The van der Waals surface area contributed by atoms with E-state index >= 15 is 0 Å². The molecule has 0 heterocycles. The maximum absolute atomic E-state index is 12.2. The molecular weight excluding hydrogens is 258 g/mol. The number of urea groups is 1. The number of nitro groups is 1. The minimum atomic E-state index is -0.469. The van der Waals surface area contributed by atoms with Gasteiger partial charge in [-0.3, -0.25) is 10.1 Å². The summed E-state index contributed by atoms with van der Waals surface area (Å²) in [6.45, 7) is 3.51. The van der Waals surface area contributed by atoms with E-state index < -0.39 is 4.92 Å². The van der Waals surface area contributed by atoms with Gasteiger partial charge < -0.3 is 10.2 Å². The second kappa shape index (κ2) is 6.36. The Labute approximate surface area is 117 Å². The molecule has 1 aliphatic carbocycles. The van der Waals surface area contributed by atoms with Gasteiger partial charge in [0.25, 0.3) is 5.69 Å². The Morgan fingerprint density at radius 3 is 2.85 bits per heavy atom. The van der Waals surface area contributed by atoms with E-state index in [9.17, 15) is 14.9 Å². The van der Waals surface area contributed by atoms with Crippen LogP contribution < -0.4 is 5.32 Å². The first-order valence-electron chi connectivity index (χ1n) is 6.90. The van der Waals surface area contributed by atoms with Crippen molar-refractivity contribution in [3.05, 3.63) is 34.4 Å². The maximum Gasteiger partial charge on any atom is 0.321 e. The highest BCUT2D eigenvalue weighted by Gasteiger charge is 2.26. The Kier molecular flexibility index (Phi) is 4.55. The highest BCUT2D eigenvalue weighted by Crippen LogP contribution is 2.30. The third-order valence-electron chi connectivity index (χ3n) is 3.26. The number of carbonyl (C=O) groups excluding carboxylic acids is 1. The summed E-state index contributed by atoms with van der Waals surface area (Å²) in [4.78, 5) is 24.2. The van der Waals surface area contributed by atoms with Crippen LogP contribution in [0.5, 0.6) is 0 Å². The number of benzene rings is 1. The molecule has 1 fully saturated rings. The van der Waals surface area contributed by atoms with Gasteiger partial charge in [-0.15, -0.1) is 0 Å². The minimum Gasteiger partial charge on any atom is -0.324 e. The van der Waals surface area contributed by atoms with Crippen LogP contribution >= 0.6 is 0 Å². The van der Waals surface area contributed by atoms with E-state index in [0.29, 0.717) is 18.2 Å². The molecule has 0 unspecified atom stereocenters. The maximum atomic E-state index is 12.2. The molecule has 0 aromatic heterocycles. The third-order valence-corrected chi connectivity index (χ3v) is 3.26. The molecule has 1 aliphatic rings. The van der Waals surface area contributed by atoms with E-state index in [0.717, 1.165) is 13.0 Å². The van der Waals surface area contributed by atoms with Crippen LogP contribution in [-0.2, 0) is 0 Å². The number of nitrogens with one attached hydrogen (secondary N) is 1. The molecule has 2 amide bonds. The minimum absolute atomic E-state index is 0.0213. The van der Waals surface area contributed by atoms with E-state index in [4.69, 9.17) is 0 Å². The lowest BCUT2D eigenvalue weighted by Crippen LogP contribution is -2.37. The average Bonchev–Trinajstić information content (AvgIpc) is 3.22. The first-order valence-corrected chi connectivity index (χ1v) is 6.90. The van der Waals surface area contributed by atoms with E-state index in [1.54, 1.807) is 17.0 Å². The highest BCUT2D eigenvalue weighted by atomic mass is 16.6. The average molecular weight is 277 g/mol. The number of nitrogens with zero attached hydrogens (tertiary/aromatic N) is 2. The monoisotopic (exact) mass is 277 g/mol. The molecule has 108 valence electrons. The predicted octanol–water partition coefficient (Wildman–Crippen LogP) is 3.25. The molecule has 1 aromatic carbocycles. The fraction of sp³-hybridized carbons (Fsp3) is 0.500. The van der Waals surface area contributed by atoms with Gasteiger partial charge in [-0.2, -0.15) is 0 Å². The van der Waals surface area contributed by atoms with Crippen molar-refractivity contribution in [1.82, 2.24) is 4.90 Å². The molecule has 0 spiro atoms. The number of amides is 2. The number of carbonyl (C=O) groups is 1. The van der Waals surface area contributed by atoms with Crippen molar-refractivity contribution >= 4 is 17.4 Å². The second-order valence-electron chi connectivity index (χ2n) is 5.13. The standard InChI is InChI=1S/C14H19N3O3/c1-2-8-16(10-11-6-7-11)14(18)15-12-4-3-5-13(9-12)17(19)20/h3-5,9,11H,2,6-8,10H2,1H3,(H,15,18). The Morgan fingerprint density at radius 2 is 2.25 bits per heavy atom. The van der Waals surface area contributed by atoms with Crippen LogP contribution in [0, 0.1) is 16.0 Å². The molecule has 0 bridgehead atoms. The van der Waals surface area contributed by atoms with E-state index in [1.807, 2.05) is 6.92 Å². The predicted molar refractivity (Wildman–Crippen MR) is 76.7 cm³/mol. The topological polar surface area (TPSA) is 75.5 Å². The summed E-state index contributed by atoms with van der Waals surface area (Å²) in [5, 5.41) is 13.4. The van der Waals surface area contributed by atoms with Gasteiger partial charge in [-0.05, 0) is 31.2 Å². The SMILES string of the molecule is CCCN(CC1CC1)C(=O)Nc1cccc([N+](=O)[O-])c1. The van der Waals surface area contributed by atoms with Gasteiger partial charge in [-0.1, -0.05) is 13.0 Å². The van der Waals surface area contributed by atoms with Gasteiger partial charge in [0.05, 0.1) is 4.92 Å². The second-order valence-corrected chi connectivity index (χ2v) is 5.13. The van der Waals surface area contributed by atoms with Gasteiger partial charge >= 0.3 is 6.03 Å². The highest BCUT2D eigenvalue weighted by molar-refractivity contribution is 5.89. The summed E-state index contributed by atoms with van der Waals surface area (Å²) >= 11 is 0. The fourth-order valence-electron chi connectivity index (χ4n) is 2.06. The van der Waals surface area contributed by atoms with E-state index in [1.165, 1.54) is 25.0 Å². The molecule has 6 heteroatoms. The van der Waals surface area contributed by atoms with Crippen molar-refractivity contribution in [2.75, 3.05) is 18.4 Å². The van der Waals surface area contributed by atoms with Crippen molar-refractivity contribution in [1.29, 1.82) is 0 Å². The summed E-state index contributed by atoms with van der Waals surface area (Å²) in [5.74, 6) is 0.623. The summed E-state index contributed by atoms with van der Waals surface area (Å²) < 4.78 is 0. The van der Waals surface area contributed by atoms with Crippen molar-refractivity contribution < 1.29 is 9.72 Å². The number of non-ortho nitro benzene ring substituents is 1. The van der Waals surface area contributed by atoms with E-state index in [-0.39, 0.29) is 11.7 Å². The van der Waals surface area contributed by atoms with Crippen molar-refractivity contribution in [2.45, 2.75) is 26.2 Å². The quantitative estimate of drug-likeness (QED) is 0.640. The molecule has 0 saturated heterocycles. The number of nitro benzene ring substituents is 1. The molecule has 6 nitrogen and oxygen atoms in total. The molecule has 1 aromatic rings. The molecule has 0 aliphatic heterocycles. The van der Waals surface area contributed by atoms with Gasteiger partial charge in [-0.25, -0.2) is 4.79 Å². The number of rotatable bonds is 6. The molecule has 1 saturated carbocycles. The number of anilines is 1. The summed E-state index contributed by atoms with van der Waals surface area (Å²) in [7, 11) is 0. The van der Waals surface area contributed by atoms with Crippen LogP contribution in [0.15, 0.2) is 24.3 Å². The molecule has 0 radical (unpaired) electrons. The van der Waals surface area contributed by atoms with E-state index in [2.05, 4.69) is 5.32 Å². The Balaban J connectivity index is 2.00. The van der Waals surface area contributed by atoms with Gasteiger partial charge in [0, 0.05) is 30.9 Å². The lowest BCUT2D eigenvalue weighted by atomic mass is 10.3. The molecule has 0 atom stereocenters. The largest absolute Gasteiger partial charge is 0.324 e.